The van der Waals surface area contributed by atoms with Gasteiger partial charge in [0.15, 0.2) is 0 Å². The van der Waals surface area contributed by atoms with E-state index >= 15 is 0 Å². The van der Waals surface area contributed by atoms with Crippen LogP contribution in [0.4, 0.5) is 4.79 Å². The number of hydrogen-bond acceptors (Lipinski definition) is 6. The van der Waals surface area contributed by atoms with E-state index in [0.29, 0.717) is 13.0 Å². The highest BCUT2D eigenvalue weighted by Gasteiger charge is 2.69. The van der Waals surface area contributed by atoms with E-state index in [4.69, 9.17) is 10.5 Å². The number of primary amides is 1. The summed E-state index contributed by atoms with van der Waals surface area (Å²) in [6.45, 7) is 18.7. The number of allylic oxidation sites excluding steroid dienone is 1. The fourth-order valence-electron chi connectivity index (χ4n) is 5.04. The molecule has 1 aliphatic carbocycles. The number of nitrogens with two attached hydrogens (primary N) is 1. The van der Waals surface area contributed by atoms with Gasteiger partial charge in [-0.25, -0.2) is 4.79 Å². The van der Waals surface area contributed by atoms with E-state index in [1.807, 2.05) is 34.6 Å². The molecule has 1 saturated heterocycles. The van der Waals surface area contributed by atoms with Crippen molar-refractivity contribution in [3.05, 3.63) is 12.7 Å². The minimum Gasteiger partial charge on any atom is -0.444 e. The Hall–Kier alpha value is -2.91. The molecule has 0 radical (unpaired) electrons. The summed E-state index contributed by atoms with van der Waals surface area (Å²) < 4.78 is 5.36. The number of nitrogens with zero attached hydrogens (tertiary/aromatic N) is 1. The number of ketones is 1. The Balaban J connectivity index is 2.32. The normalized spacial score (nSPS) is 24.1. The van der Waals surface area contributed by atoms with Gasteiger partial charge in [-0.3, -0.25) is 19.2 Å². The van der Waals surface area contributed by atoms with Crippen molar-refractivity contribution in [3.63, 3.8) is 0 Å². The number of piperidine rings is 1. The first-order valence-corrected chi connectivity index (χ1v) is 12.4. The third kappa shape index (κ3) is 6.44. The van der Waals surface area contributed by atoms with Gasteiger partial charge >= 0.3 is 6.09 Å². The van der Waals surface area contributed by atoms with Gasteiger partial charge in [-0.05, 0) is 56.3 Å². The van der Waals surface area contributed by atoms with Crippen LogP contribution in [0.2, 0.25) is 0 Å². The minimum absolute atomic E-state index is 0.0952. The molecule has 0 aromatic rings. The van der Waals surface area contributed by atoms with Gasteiger partial charge in [-0.1, -0.05) is 40.7 Å². The van der Waals surface area contributed by atoms with E-state index in [-0.39, 0.29) is 23.7 Å². The molecule has 0 aromatic heterocycles. The zero-order valence-electron chi connectivity index (χ0n) is 22.8. The van der Waals surface area contributed by atoms with Crippen molar-refractivity contribution in [1.29, 1.82) is 0 Å². The number of carbonyl (C=O) groups excluding carboxylic acids is 5. The fourth-order valence-corrected chi connectivity index (χ4v) is 5.04. The lowest BCUT2D eigenvalue weighted by Crippen LogP contribution is -2.60. The van der Waals surface area contributed by atoms with Crippen LogP contribution in [0.15, 0.2) is 12.7 Å². The van der Waals surface area contributed by atoms with E-state index in [9.17, 15) is 24.0 Å². The number of ether oxygens (including phenoxy) is 1. The molecule has 1 heterocycles. The molecule has 0 bridgehead atoms. The minimum atomic E-state index is -1.14. The van der Waals surface area contributed by atoms with E-state index in [1.165, 1.54) is 4.90 Å². The Labute approximate surface area is 213 Å². The molecule has 36 heavy (non-hydrogen) atoms. The summed E-state index contributed by atoms with van der Waals surface area (Å²) in [7, 11) is 0. The molecule has 0 aromatic carbocycles. The molecule has 5 atom stereocenters. The molecule has 2 unspecified atom stereocenters. The second-order valence-electron chi connectivity index (χ2n) is 12.5. The summed E-state index contributed by atoms with van der Waals surface area (Å²) in [4.78, 5) is 65.2. The van der Waals surface area contributed by atoms with Crippen LogP contribution in [-0.2, 0) is 23.9 Å². The third-order valence-electron chi connectivity index (χ3n) is 7.07. The average molecular weight is 507 g/mol. The lowest BCUT2D eigenvalue weighted by Gasteiger charge is -2.38. The van der Waals surface area contributed by atoms with Crippen molar-refractivity contribution in [2.75, 3.05) is 6.54 Å². The molecule has 1 saturated carbocycles. The maximum Gasteiger partial charge on any atom is 0.408 e. The van der Waals surface area contributed by atoms with Gasteiger partial charge in [-0.2, -0.15) is 0 Å². The van der Waals surface area contributed by atoms with Gasteiger partial charge in [0.05, 0.1) is 6.04 Å². The van der Waals surface area contributed by atoms with Gasteiger partial charge in [0.2, 0.25) is 17.6 Å². The van der Waals surface area contributed by atoms with Gasteiger partial charge in [0.25, 0.3) is 5.91 Å². The first-order chi connectivity index (χ1) is 16.3. The maximum atomic E-state index is 13.8. The number of amides is 4. The maximum absolute atomic E-state index is 13.8. The Morgan fingerprint density at radius 3 is 2.17 bits per heavy atom. The summed E-state index contributed by atoms with van der Waals surface area (Å²) >= 11 is 0. The molecule has 10 nitrogen and oxygen atoms in total. The second-order valence-corrected chi connectivity index (χ2v) is 12.5. The molecule has 0 spiro atoms. The standard InChI is InChI=1S/C26H42N4O6/c1-10-11-12-15(18(31)20(27)32)28-21(33)17-16-14(26(16,8)9)13-30(17)22(34)19(24(2,3)4)29-23(35)36-25(5,6)7/h10,14-17,19H,1,11-13H2,2-9H3,(H2,27,32)(H,28,33)(H,29,35)/t14-,15?,16-,17+,19?/m1/s1. The third-order valence-corrected chi connectivity index (χ3v) is 7.07. The number of carbonyl (C=O) groups is 5. The molecular weight excluding hydrogens is 464 g/mol. The number of Topliss-reactive ketones (excluding diaryl/α,β-unsaturated/α-hetero) is 1. The van der Waals surface area contributed by atoms with Crippen LogP contribution < -0.4 is 16.4 Å². The van der Waals surface area contributed by atoms with Gasteiger partial charge in [0.1, 0.15) is 17.7 Å². The Kier molecular flexibility index (Phi) is 8.32. The van der Waals surface area contributed by atoms with Crippen molar-refractivity contribution < 1.29 is 28.7 Å². The first-order valence-electron chi connectivity index (χ1n) is 12.4. The number of likely N-dealkylation sites (tertiary alicyclic amines) is 1. The molecule has 10 heteroatoms. The summed E-state index contributed by atoms with van der Waals surface area (Å²) in [5.74, 6) is -2.98. The van der Waals surface area contributed by atoms with E-state index < -0.39 is 58.7 Å². The lowest BCUT2D eigenvalue weighted by molar-refractivity contribution is -0.145. The Morgan fingerprint density at radius 2 is 1.69 bits per heavy atom. The molecule has 2 rings (SSSR count). The number of hydrogen-bond donors (Lipinski definition) is 3. The summed E-state index contributed by atoms with van der Waals surface area (Å²) in [6.07, 6.45) is 1.41. The van der Waals surface area contributed by atoms with Crippen molar-refractivity contribution in [2.24, 2.45) is 28.4 Å². The Morgan fingerprint density at radius 1 is 1.11 bits per heavy atom. The number of nitrogens with one attached hydrogen (secondary N) is 2. The molecule has 2 fully saturated rings. The van der Waals surface area contributed by atoms with Crippen molar-refractivity contribution in [2.45, 2.75) is 92.0 Å². The molecule has 2 aliphatic rings. The number of fused-ring (bicyclic) bond motifs is 1. The van der Waals surface area contributed by atoms with Crippen LogP contribution in [0.25, 0.3) is 0 Å². The van der Waals surface area contributed by atoms with Crippen molar-refractivity contribution in [3.8, 4) is 0 Å². The van der Waals surface area contributed by atoms with Crippen molar-refractivity contribution in [1.82, 2.24) is 15.5 Å². The molecule has 4 N–H and O–H groups in total. The van der Waals surface area contributed by atoms with Crippen molar-refractivity contribution >= 4 is 29.6 Å². The summed E-state index contributed by atoms with van der Waals surface area (Å²) in [5.41, 5.74) is 3.60. The van der Waals surface area contributed by atoms with E-state index in [0.717, 1.165) is 0 Å². The number of rotatable bonds is 9. The highest BCUT2D eigenvalue weighted by molar-refractivity contribution is 6.37. The highest BCUT2D eigenvalue weighted by atomic mass is 16.6. The SMILES string of the molecule is C=CCCC(NC(=O)[C@@H]1[C@H]2[C@@H](CN1C(=O)C(NC(=O)OC(C)(C)C)C(C)(C)C)C2(C)C)C(=O)C(N)=O. The predicted molar refractivity (Wildman–Crippen MR) is 134 cm³/mol. The van der Waals surface area contributed by atoms with Crippen LogP contribution in [0, 0.1) is 22.7 Å². The smallest absolute Gasteiger partial charge is 0.408 e. The van der Waals surface area contributed by atoms with Crippen LogP contribution >= 0.6 is 0 Å². The van der Waals surface area contributed by atoms with Gasteiger partial charge in [-0.15, -0.1) is 6.58 Å². The van der Waals surface area contributed by atoms with E-state index in [2.05, 4.69) is 17.2 Å². The van der Waals surface area contributed by atoms with Crippen LogP contribution in [0.5, 0.6) is 0 Å². The van der Waals surface area contributed by atoms with Crippen LogP contribution in [0.3, 0.4) is 0 Å². The quantitative estimate of drug-likeness (QED) is 0.321. The topological polar surface area (TPSA) is 148 Å². The zero-order chi connectivity index (χ0) is 27.8. The largest absolute Gasteiger partial charge is 0.444 e. The van der Waals surface area contributed by atoms with Crippen LogP contribution in [0.1, 0.15) is 68.2 Å². The molecule has 1 aliphatic heterocycles. The second kappa shape index (κ2) is 10.2. The first kappa shape index (κ1) is 29.3. The molecule has 4 amide bonds. The fraction of sp³-hybridized carbons (Fsp3) is 0.731. The summed E-state index contributed by atoms with van der Waals surface area (Å²) in [5, 5.41) is 5.35. The van der Waals surface area contributed by atoms with E-state index in [1.54, 1.807) is 26.8 Å². The average Bonchev–Trinajstić information content (AvgIpc) is 3.07. The number of alkyl carbamates (subject to hydrolysis) is 1. The van der Waals surface area contributed by atoms with Crippen LogP contribution in [-0.4, -0.2) is 64.8 Å². The summed E-state index contributed by atoms with van der Waals surface area (Å²) in [6, 6.07) is -2.91. The molecular formula is C26H42N4O6. The molecule has 202 valence electrons. The zero-order valence-corrected chi connectivity index (χ0v) is 22.8. The Bertz CT molecular complexity index is 930. The monoisotopic (exact) mass is 506 g/mol. The predicted octanol–water partition coefficient (Wildman–Crippen LogP) is 1.91. The van der Waals surface area contributed by atoms with Gasteiger partial charge in [0, 0.05) is 6.54 Å². The van der Waals surface area contributed by atoms with Gasteiger partial charge < -0.3 is 26.0 Å². The lowest BCUT2D eigenvalue weighted by atomic mass is 9.85. The highest BCUT2D eigenvalue weighted by Crippen LogP contribution is 2.65.